The minimum Gasteiger partial charge on any atom is -0.0879 e. The van der Waals surface area contributed by atoms with Gasteiger partial charge in [0.25, 0.3) is 0 Å². The molecule has 0 heterocycles. The average Bonchev–Trinajstić information content (AvgIpc) is 2.58. The topological polar surface area (TPSA) is 0 Å². The zero-order valence-electron chi connectivity index (χ0n) is 6.83. The van der Waals surface area contributed by atoms with Gasteiger partial charge in [-0.25, -0.2) is 0 Å². The molecule has 1 heteroatoms. The second-order valence-corrected chi connectivity index (χ2v) is 4.11. The van der Waals surface area contributed by atoms with Crippen molar-refractivity contribution >= 4 is 15.9 Å². The van der Waals surface area contributed by atoms with Crippen LogP contribution in [0.5, 0.6) is 0 Å². The van der Waals surface area contributed by atoms with E-state index >= 15 is 0 Å². The van der Waals surface area contributed by atoms with Gasteiger partial charge in [0, 0.05) is 4.47 Å². The maximum atomic E-state index is 3.44. The highest BCUT2D eigenvalue weighted by atomic mass is 79.9. The summed E-state index contributed by atoms with van der Waals surface area (Å²) in [7, 11) is 0. The second kappa shape index (κ2) is 3.44. The molecular formula is C11H11Br. The highest BCUT2D eigenvalue weighted by Crippen LogP contribution is 2.29. The highest BCUT2D eigenvalue weighted by Gasteiger charge is 2.11. The van der Waals surface area contributed by atoms with E-state index in [2.05, 4.69) is 52.3 Å². The van der Waals surface area contributed by atoms with Gasteiger partial charge in [-0.3, -0.25) is 0 Å². The van der Waals surface area contributed by atoms with Crippen LogP contribution in [0.3, 0.4) is 0 Å². The maximum absolute atomic E-state index is 3.44. The molecule has 0 unspecified atom stereocenters. The number of allylic oxidation sites excluding steroid dienone is 2. The summed E-state index contributed by atoms with van der Waals surface area (Å²) in [6, 6.07) is 8.66. The summed E-state index contributed by atoms with van der Waals surface area (Å²) < 4.78 is 1.16. The standard InChI is InChI=1S/C11H11Br/c12-11-7-5-10(6-8-11)9-3-1-2-4-9/h1-2,5-9H,3-4H2. The van der Waals surface area contributed by atoms with Crippen molar-refractivity contribution in [2.45, 2.75) is 18.8 Å². The van der Waals surface area contributed by atoms with Gasteiger partial charge in [0.1, 0.15) is 0 Å². The molecule has 0 atom stereocenters. The second-order valence-electron chi connectivity index (χ2n) is 3.19. The Labute approximate surface area is 81.4 Å². The van der Waals surface area contributed by atoms with Gasteiger partial charge in [0.05, 0.1) is 0 Å². The van der Waals surface area contributed by atoms with Gasteiger partial charge >= 0.3 is 0 Å². The van der Waals surface area contributed by atoms with Crippen molar-refractivity contribution in [3.8, 4) is 0 Å². The van der Waals surface area contributed by atoms with E-state index < -0.39 is 0 Å². The molecule has 0 saturated carbocycles. The molecule has 1 aliphatic carbocycles. The van der Waals surface area contributed by atoms with E-state index in [1.54, 1.807) is 0 Å². The average molecular weight is 223 g/mol. The lowest BCUT2D eigenvalue weighted by Crippen LogP contribution is -1.91. The van der Waals surface area contributed by atoms with Gasteiger partial charge in [0.2, 0.25) is 0 Å². The third-order valence-corrected chi connectivity index (χ3v) is 2.88. The van der Waals surface area contributed by atoms with Crippen LogP contribution in [0.15, 0.2) is 40.9 Å². The predicted octanol–water partition coefficient (Wildman–Crippen LogP) is 3.88. The summed E-state index contributed by atoms with van der Waals surface area (Å²) in [6.07, 6.45) is 6.96. The predicted molar refractivity (Wildman–Crippen MR) is 55.3 cm³/mol. The SMILES string of the molecule is Brc1ccc(C2CC=CC2)cc1. The van der Waals surface area contributed by atoms with Crippen LogP contribution >= 0.6 is 15.9 Å². The van der Waals surface area contributed by atoms with Crippen molar-refractivity contribution in [3.05, 3.63) is 46.5 Å². The van der Waals surface area contributed by atoms with E-state index in [-0.39, 0.29) is 0 Å². The molecule has 0 nitrogen and oxygen atoms in total. The van der Waals surface area contributed by atoms with Gasteiger partial charge in [-0.1, -0.05) is 40.2 Å². The Hall–Kier alpha value is -0.560. The van der Waals surface area contributed by atoms with Crippen LogP contribution < -0.4 is 0 Å². The zero-order chi connectivity index (χ0) is 8.39. The molecule has 12 heavy (non-hydrogen) atoms. The molecule has 1 aromatic rings. The van der Waals surface area contributed by atoms with E-state index in [0.29, 0.717) is 0 Å². The van der Waals surface area contributed by atoms with Crippen molar-refractivity contribution in [2.75, 3.05) is 0 Å². The summed E-state index contributed by atoms with van der Waals surface area (Å²) in [5.41, 5.74) is 1.46. The van der Waals surface area contributed by atoms with Crippen LogP contribution in [0.1, 0.15) is 24.3 Å². The summed E-state index contributed by atoms with van der Waals surface area (Å²) >= 11 is 3.44. The molecule has 0 fully saturated rings. The molecule has 0 amide bonds. The van der Waals surface area contributed by atoms with Crippen LogP contribution in [-0.4, -0.2) is 0 Å². The lowest BCUT2D eigenvalue weighted by molar-refractivity contribution is 0.754. The summed E-state index contributed by atoms with van der Waals surface area (Å²) in [5, 5.41) is 0. The van der Waals surface area contributed by atoms with Crippen LogP contribution in [0.4, 0.5) is 0 Å². The third-order valence-electron chi connectivity index (χ3n) is 2.35. The maximum Gasteiger partial charge on any atom is 0.0175 e. The van der Waals surface area contributed by atoms with Gasteiger partial charge in [-0.2, -0.15) is 0 Å². The molecule has 1 aromatic carbocycles. The molecular weight excluding hydrogens is 212 g/mol. The highest BCUT2D eigenvalue weighted by molar-refractivity contribution is 9.10. The number of rotatable bonds is 1. The van der Waals surface area contributed by atoms with Crippen molar-refractivity contribution in [3.63, 3.8) is 0 Å². The van der Waals surface area contributed by atoms with Crippen molar-refractivity contribution in [2.24, 2.45) is 0 Å². The fourth-order valence-corrected chi connectivity index (χ4v) is 1.89. The van der Waals surface area contributed by atoms with Gasteiger partial charge in [-0.05, 0) is 36.5 Å². The van der Waals surface area contributed by atoms with E-state index in [1.807, 2.05) is 0 Å². The summed E-state index contributed by atoms with van der Waals surface area (Å²) in [4.78, 5) is 0. The molecule has 0 bridgehead atoms. The van der Waals surface area contributed by atoms with E-state index in [9.17, 15) is 0 Å². The third kappa shape index (κ3) is 1.61. The minimum absolute atomic E-state index is 0.734. The molecule has 0 radical (unpaired) electrons. The molecule has 0 aliphatic heterocycles. The van der Waals surface area contributed by atoms with Crippen LogP contribution in [-0.2, 0) is 0 Å². The Bertz CT molecular complexity index is 276. The Balaban J connectivity index is 2.18. The number of hydrogen-bond acceptors (Lipinski definition) is 0. The Kier molecular flexibility index (Phi) is 2.31. The van der Waals surface area contributed by atoms with Crippen LogP contribution in [0, 0.1) is 0 Å². The summed E-state index contributed by atoms with van der Waals surface area (Å²) in [5.74, 6) is 0.734. The van der Waals surface area contributed by atoms with Crippen molar-refractivity contribution in [1.29, 1.82) is 0 Å². The summed E-state index contributed by atoms with van der Waals surface area (Å²) in [6.45, 7) is 0. The lowest BCUT2D eigenvalue weighted by Gasteiger charge is -2.08. The fourth-order valence-electron chi connectivity index (χ4n) is 1.62. The first-order valence-corrected chi connectivity index (χ1v) is 5.06. The Morgan fingerprint density at radius 2 is 1.58 bits per heavy atom. The van der Waals surface area contributed by atoms with E-state index in [0.717, 1.165) is 10.4 Å². The number of hydrogen-bond donors (Lipinski definition) is 0. The first-order valence-electron chi connectivity index (χ1n) is 4.27. The number of halogens is 1. The fraction of sp³-hybridized carbons (Fsp3) is 0.273. The molecule has 0 spiro atoms. The van der Waals surface area contributed by atoms with E-state index in [1.165, 1.54) is 18.4 Å². The van der Waals surface area contributed by atoms with Gasteiger partial charge in [0.15, 0.2) is 0 Å². The largest absolute Gasteiger partial charge is 0.0879 e. The lowest BCUT2D eigenvalue weighted by atomic mass is 9.97. The Morgan fingerprint density at radius 3 is 2.17 bits per heavy atom. The van der Waals surface area contributed by atoms with Gasteiger partial charge < -0.3 is 0 Å². The molecule has 1 aliphatic rings. The van der Waals surface area contributed by atoms with Crippen molar-refractivity contribution in [1.82, 2.24) is 0 Å². The first-order chi connectivity index (χ1) is 5.86. The zero-order valence-corrected chi connectivity index (χ0v) is 8.42. The van der Waals surface area contributed by atoms with Crippen LogP contribution in [0.2, 0.25) is 0 Å². The van der Waals surface area contributed by atoms with E-state index in [4.69, 9.17) is 0 Å². The molecule has 0 N–H and O–H groups in total. The monoisotopic (exact) mass is 222 g/mol. The molecule has 0 aromatic heterocycles. The van der Waals surface area contributed by atoms with Crippen molar-refractivity contribution < 1.29 is 0 Å². The van der Waals surface area contributed by atoms with Gasteiger partial charge in [-0.15, -0.1) is 0 Å². The number of benzene rings is 1. The minimum atomic E-state index is 0.734. The molecule has 0 saturated heterocycles. The molecule has 2 rings (SSSR count). The quantitative estimate of drug-likeness (QED) is 0.633. The molecule has 62 valence electrons. The smallest absolute Gasteiger partial charge is 0.0175 e. The Morgan fingerprint density at radius 1 is 1.00 bits per heavy atom. The first kappa shape index (κ1) is 8.06. The van der Waals surface area contributed by atoms with Crippen LogP contribution in [0.25, 0.3) is 0 Å². The normalized spacial score (nSPS) is 17.1.